The van der Waals surface area contributed by atoms with Gasteiger partial charge in [0, 0.05) is 18.3 Å². The Balaban J connectivity index is 1.60. The highest BCUT2D eigenvalue weighted by Crippen LogP contribution is 2.34. The molecule has 210 valence electrons. The van der Waals surface area contributed by atoms with E-state index in [2.05, 4.69) is 14.4 Å². The maximum Gasteiger partial charge on any atom is 0.311 e. The molecular formula is C26H32N4O7S2. The van der Waals surface area contributed by atoms with Crippen LogP contribution in [0.5, 0.6) is 0 Å². The summed E-state index contributed by atoms with van der Waals surface area (Å²) >= 11 is 0. The van der Waals surface area contributed by atoms with Gasteiger partial charge >= 0.3 is 5.97 Å². The second-order valence-corrected chi connectivity index (χ2v) is 13.1. The minimum Gasteiger partial charge on any atom is -0.466 e. The molecule has 1 amide bonds. The van der Waals surface area contributed by atoms with E-state index in [0.29, 0.717) is 12.8 Å². The first-order valence-electron chi connectivity index (χ1n) is 12.6. The van der Waals surface area contributed by atoms with E-state index in [1.165, 1.54) is 18.2 Å². The van der Waals surface area contributed by atoms with E-state index in [9.17, 15) is 26.4 Å². The summed E-state index contributed by atoms with van der Waals surface area (Å²) in [7, 11) is -7.82. The summed E-state index contributed by atoms with van der Waals surface area (Å²) in [6.07, 6.45) is 2.61. The Morgan fingerprint density at radius 2 is 1.87 bits per heavy atom. The molecule has 4 rings (SSSR count). The number of esters is 1. The minimum atomic E-state index is -4.21. The predicted octanol–water partition coefficient (Wildman–Crippen LogP) is 3.03. The number of sulfonamides is 2. The Hall–Kier alpha value is -3.45. The first-order chi connectivity index (χ1) is 18.4. The van der Waals surface area contributed by atoms with E-state index in [4.69, 9.17) is 4.74 Å². The number of nitrogens with one attached hydrogen (secondary N) is 2. The second kappa shape index (κ2) is 11.3. The molecule has 2 aromatic rings. The molecule has 2 aromatic carbocycles. The number of nitrogens with zero attached hydrogens (tertiary/aromatic N) is 2. The standard InChI is InChI=1S/C26H32N4O7S2/c1-4-37-26(32)20-6-5-7-22(20)30(16-18-10-8-17(2)9-11-18)25(31)15-24-27-21-13-12-19(28-38(3,33)34)14-23(21)39(35,36)29-24/h8-14,20,22,28H,4-7,15-16H2,1-3H3,(H,27,29). The molecule has 0 spiro atoms. The van der Waals surface area contributed by atoms with Crippen molar-refractivity contribution in [1.29, 1.82) is 0 Å². The smallest absolute Gasteiger partial charge is 0.311 e. The third-order valence-electron chi connectivity index (χ3n) is 6.65. The highest BCUT2D eigenvalue weighted by atomic mass is 32.2. The van der Waals surface area contributed by atoms with Crippen molar-refractivity contribution in [3.8, 4) is 0 Å². The summed E-state index contributed by atoms with van der Waals surface area (Å²) in [6, 6.07) is 11.3. The van der Waals surface area contributed by atoms with Crippen LogP contribution >= 0.6 is 0 Å². The number of amidine groups is 1. The van der Waals surface area contributed by atoms with Crippen molar-refractivity contribution in [2.45, 2.75) is 57.0 Å². The molecule has 11 nitrogen and oxygen atoms in total. The van der Waals surface area contributed by atoms with Crippen LogP contribution in [0, 0.1) is 12.8 Å². The molecule has 1 aliphatic carbocycles. The lowest BCUT2D eigenvalue weighted by Gasteiger charge is -2.33. The van der Waals surface area contributed by atoms with Gasteiger partial charge in [-0.2, -0.15) is 8.42 Å². The number of rotatable bonds is 9. The topological polar surface area (TPSA) is 151 Å². The summed E-state index contributed by atoms with van der Waals surface area (Å²) in [5.41, 5.74) is 2.21. The Morgan fingerprint density at radius 3 is 2.54 bits per heavy atom. The van der Waals surface area contributed by atoms with Crippen LogP contribution in [0.4, 0.5) is 11.4 Å². The quantitative estimate of drug-likeness (QED) is 0.432. The maximum atomic E-state index is 13.7. The van der Waals surface area contributed by atoms with Crippen LogP contribution in [0.15, 0.2) is 51.8 Å². The molecule has 0 saturated heterocycles. The number of amides is 1. The summed E-state index contributed by atoms with van der Waals surface area (Å²) < 4.78 is 60.3. The van der Waals surface area contributed by atoms with Crippen LogP contribution < -0.4 is 10.0 Å². The van der Waals surface area contributed by atoms with Gasteiger partial charge in [-0.1, -0.05) is 36.2 Å². The molecule has 0 radical (unpaired) electrons. The van der Waals surface area contributed by atoms with E-state index in [0.717, 1.165) is 23.8 Å². The number of hydrogen-bond acceptors (Lipinski definition) is 8. The van der Waals surface area contributed by atoms with Crippen molar-refractivity contribution in [2.24, 2.45) is 10.3 Å². The van der Waals surface area contributed by atoms with Gasteiger partial charge in [0.25, 0.3) is 10.0 Å². The van der Waals surface area contributed by atoms with E-state index in [1.807, 2.05) is 31.2 Å². The van der Waals surface area contributed by atoms with Crippen molar-refractivity contribution in [3.63, 3.8) is 0 Å². The maximum absolute atomic E-state index is 13.7. The number of hydrogen-bond donors (Lipinski definition) is 2. The van der Waals surface area contributed by atoms with Gasteiger partial charge in [0.2, 0.25) is 15.9 Å². The van der Waals surface area contributed by atoms with Gasteiger partial charge in [-0.05, 0) is 50.5 Å². The minimum absolute atomic E-state index is 0.0593. The molecule has 2 atom stereocenters. The van der Waals surface area contributed by atoms with E-state index < -0.39 is 32.0 Å². The molecule has 2 N–H and O–H groups in total. The Kier molecular flexibility index (Phi) is 8.31. The third-order valence-corrected chi connectivity index (χ3v) is 8.61. The zero-order chi connectivity index (χ0) is 28.4. The van der Waals surface area contributed by atoms with E-state index in [-0.39, 0.29) is 53.6 Å². The average molecular weight is 577 g/mol. The number of anilines is 2. The summed E-state index contributed by atoms with van der Waals surface area (Å²) in [4.78, 5) is 27.8. The van der Waals surface area contributed by atoms with Crippen molar-refractivity contribution >= 4 is 49.1 Å². The predicted molar refractivity (Wildman–Crippen MR) is 147 cm³/mol. The third kappa shape index (κ3) is 6.95. The molecule has 1 fully saturated rings. The lowest BCUT2D eigenvalue weighted by atomic mass is 10.0. The number of aryl methyl sites for hydroxylation is 1. The molecular weight excluding hydrogens is 544 g/mol. The van der Waals surface area contributed by atoms with Gasteiger partial charge in [-0.15, -0.1) is 4.40 Å². The number of carbonyl (C=O) groups is 2. The van der Waals surface area contributed by atoms with Crippen LogP contribution in [0.1, 0.15) is 43.7 Å². The molecule has 0 bridgehead atoms. The number of ether oxygens (including phenoxy) is 1. The number of benzene rings is 2. The zero-order valence-electron chi connectivity index (χ0n) is 22.0. The lowest BCUT2D eigenvalue weighted by molar-refractivity contribution is -0.151. The van der Waals surface area contributed by atoms with Crippen molar-refractivity contribution in [3.05, 3.63) is 53.6 Å². The molecule has 1 heterocycles. The molecule has 39 heavy (non-hydrogen) atoms. The Bertz CT molecular complexity index is 1500. The normalized spacial score (nSPS) is 19.8. The molecule has 1 saturated carbocycles. The van der Waals surface area contributed by atoms with Gasteiger partial charge in [0.05, 0.1) is 30.9 Å². The monoisotopic (exact) mass is 576 g/mol. The fourth-order valence-electron chi connectivity index (χ4n) is 4.93. The number of carbonyl (C=O) groups excluding carboxylic acids is 2. The fraction of sp³-hybridized carbons (Fsp3) is 0.423. The van der Waals surface area contributed by atoms with E-state index in [1.54, 1.807) is 11.8 Å². The first-order valence-corrected chi connectivity index (χ1v) is 15.9. The van der Waals surface area contributed by atoms with Crippen LogP contribution in [0.2, 0.25) is 0 Å². The zero-order valence-corrected chi connectivity index (χ0v) is 23.6. The van der Waals surface area contributed by atoms with Gasteiger partial charge in [-0.25, -0.2) is 8.42 Å². The van der Waals surface area contributed by atoms with Crippen LogP contribution in [0.3, 0.4) is 0 Å². The molecule has 2 aliphatic rings. The van der Waals surface area contributed by atoms with Crippen LogP contribution in [-0.2, 0) is 40.9 Å². The molecule has 0 aromatic heterocycles. The van der Waals surface area contributed by atoms with Crippen molar-refractivity contribution in [1.82, 2.24) is 4.90 Å². The first kappa shape index (κ1) is 28.6. The SMILES string of the molecule is CCOC(=O)C1CCCC1N(Cc1ccc(C)cc1)C(=O)CC1=NS(=O)(=O)c2cc(NS(C)(=O)=O)ccc2N1. The number of fused-ring (bicyclic) bond motifs is 1. The highest BCUT2D eigenvalue weighted by molar-refractivity contribution is 7.92. The fourth-order valence-corrected chi connectivity index (χ4v) is 6.66. The van der Waals surface area contributed by atoms with Gasteiger partial charge < -0.3 is 15.0 Å². The van der Waals surface area contributed by atoms with Crippen LogP contribution in [0.25, 0.3) is 0 Å². The van der Waals surface area contributed by atoms with Gasteiger partial charge in [0.1, 0.15) is 10.7 Å². The summed E-state index contributed by atoms with van der Waals surface area (Å²) in [5.74, 6) is -1.25. The molecule has 2 unspecified atom stereocenters. The molecule has 13 heteroatoms. The molecule has 1 aliphatic heterocycles. The average Bonchev–Trinajstić information content (AvgIpc) is 3.32. The summed E-state index contributed by atoms with van der Waals surface area (Å²) in [6.45, 7) is 4.19. The van der Waals surface area contributed by atoms with E-state index >= 15 is 0 Å². The van der Waals surface area contributed by atoms with Crippen molar-refractivity contribution < 1.29 is 31.2 Å². The lowest BCUT2D eigenvalue weighted by Crippen LogP contribution is -2.45. The highest BCUT2D eigenvalue weighted by Gasteiger charge is 2.40. The van der Waals surface area contributed by atoms with Crippen LogP contribution in [-0.4, -0.2) is 58.4 Å². The van der Waals surface area contributed by atoms with Gasteiger partial charge in [-0.3, -0.25) is 14.3 Å². The summed E-state index contributed by atoms with van der Waals surface area (Å²) in [5, 5.41) is 2.90. The second-order valence-electron chi connectivity index (χ2n) is 9.76. The Morgan fingerprint density at radius 1 is 1.15 bits per heavy atom. The van der Waals surface area contributed by atoms with Crippen molar-refractivity contribution in [2.75, 3.05) is 22.9 Å². The van der Waals surface area contributed by atoms with Gasteiger partial charge in [0.15, 0.2) is 0 Å². The largest absolute Gasteiger partial charge is 0.466 e. The Labute approximate surface area is 228 Å².